The first-order chi connectivity index (χ1) is 19.2. The Balaban J connectivity index is 1.24. The van der Waals surface area contributed by atoms with Crippen LogP contribution in [0.2, 0.25) is 0 Å². The van der Waals surface area contributed by atoms with Gasteiger partial charge < -0.3 is 25.8 Å². The van der Waals surface area contributed by atoms with Crippen molar-refractivity contribution in [3.63, 3.8) is 0 Å². The minimum absolute atomic E-state index is 0.0380. The van der Waals surface area contributed by atoms with Crippen molar-refractivity contribution in [2.45, 2.75) is 69.0 Å². The summed E-state index contributed by atoms with van der Waals surface area (Å²) in [6.07, 6.45) is 5.97. The molecule has 4 N–H and O–H groups in total. The predicted molar refractivity (Wildman–Crippen MR) is 146 cm³/mol. The molecular formula is C28H25F2N7O2S. The van der Waals surface area contributed by atoms with Gasteiger partial charge in [0, 0.05) is 46.7 Å². The molecule has 2 aliphatic heterocycles. The van der Waals surface area contributed by atoms with Gasteiger partial charge in [-0.3, -0.25) is 4.98 Å². The molecule has 1 saturated heterocycles. The number of anilines is 2. The first-order valence-electron chi connectivity index (χ1n) is 13.3. The summed E-state index contributed by atoms with van der Waals surface area (Å²) in [5.74, 6) is -0.797. The summed E-state index contributed by atoms with van der Waals surface area (Å²) in [7, 11) is 0. The number of nitrogens with one attached hydrogen (secondary N) is 1. The van der Waals surface area contributed by atoms with Crippen molar-refractivity contribution < 1.29 is 18.6 Å². The van der Waals surface area contributed by atoms with Crippen LogP contribution in [0.25, 0.3) is 32.2 Å². The summed E-state index contributed by atoms with van der Waals surface area (Å²) < 4.78 is 37.2. The molecule has 4 fully saturated rings. The van der Waals surface area contributed by atoms with Gasteiger partial charge in [-0.25, -0.2) is 18.7 Å². The highest BCUT2D eigenvalue weighted by atomic mass is 32.1. The zero-order chi connectivity index (χ0) is 27.6. The summed E-state index contributed by atoms with van der Waals surface area (Å²) in [4.78, 5) is 15.7. The van der Waals surface area contributed by atoms with E-state index in [9.17, 15) is 14.8 Å². The van der Waals surface area contributed by atoms with Gasteiger partial charge in [-0.2, -0.15) is 5.26 Å². The van der Waals surface area contributed by atoms with Crippen LogP contribution in [0.4, 0.5) is 19.7 Å². The minimum atomic E-state index is -0.616. The van der Waals surface area contributed by atoms with Gasteiger partial charge in [-0.05, 0) is 43.7 Å². The number of nitrogens with two attached hydrogens (primary N) is 1. The van der Waals surface area contributed by atoms with Gasteiger partial charge in [-0.1, -0.05) is 0 Å². The number of fused-ring (bicyclic) bond motifs is 4. The van der Waals surface area contributed by atoms with E-state index < -0.39 is 17.2 Å². The van der Waals surface area contributed by atoms with Gasteiger partial charge in [0.25, 0.3) is 0 Å². The first kappa shape index (κ1) is 24.3. The van der Waals surface area contributed by atoms with Gasteiger partial charge in [0.1, 0.15) is 16.6 Å². The molecule has 4 aromatic rings. The van der Waals surface area contributed by atoms with Crippen molar-refractivity contribution in [1.29, 1.82) is 5.26 Å². The molecule has 2 atom stereocenters. The second kappa shape index (κ2) is 8.04. The maximum absolute atomic E-state index is 16.6. The number of hydrogen-bond acceptors (Lipinski definition) is 10. The van der Waals surface area contributed by atoms with Crippen LogP contribution in [0, 0.1) is 23.0 Å². The van der Waals surface area contributed by atoms with E-state index >= 15 is 4.39 Å². The highest BCUT2D eigenvalue weighted by molar-refractivity contribution is 7.23. The number of halogens is 2. The molecule has 0 spiro atoms. The fraction of sp³-hybridized carbons (Fsp3) is 0.429. The lowest BCUT2D eigenvalue weighted by atomic mass is 9.46. The van der Waals surface area contributed by atoms with E-state index in [0.717, 1.165) is 48.8 Å². The Kier molecular flexibility index (Phi) is 4.89. The Morgan fingerprint density at radius 1 is 1.23 bits per heavy atom. The third-order valence-corrected chi connectivity index (χ3v) is 10.3. The average Bonchev–Trinajstić information content (AvgIpc) is 3.61. The fourth-order valence-corrected chi connectivity index (χ4v) is 8.29. The van der Waals surface area contributed by atoms with Gasteiger partial charge in [-0.15, -0.1) is 11.3 Å². The molecule has 2 bridgehead atoms. The largest absolute Gasteiger partial charge is 0.390 e. The van der Waals surface area contributed by atoms with Crippen LogP contribution in [0.5, 0.6) is 0 Å². The number of nitrogen functional groups attached to an aromatic ring is 1. The molecule has 5 aliphatic rings. The lowest BCUT2D eigenvalue weighted by Gasteiger charge is -2.68. The smallest absolute Gasteiger partial charge is 0.226 e. The molecule has 0 amide bonds. The van der Waals surface area contributed by atoms with Crippen molar-refractivity contribution in [2.24, 2.45) is 0 Å². The Bertz CT molecular complexity index is 1800. The van der Waals surface area contributed by atoms with E-state index in [0.29, 0.717) is 23.4 Å². The Morgan fingerprint density at radius 2 is 2.00 bits per heavy atom. The number of ether oxygens (including phenoxy) is 1. The van der Waals surface area contributed by atoms with Crippen LogP contribution < -0.4 is 16.0 Å². The lowest BCUT2D eigenvalue weighted by molar-refractivity contribution is -0.223. The summed E-state index contributed by atoms with van der Waals surface area (Å²) in [5, 5.41) is 24.6. The molecule has 0 unspecified atom stereocenters. The number of aliphatic hydroxyl groups is 1. The molecule has 3 aliphatic carbocycles. The number of thiophene rings is 1. The van der Waals surface area contributed by atoms with Gasteiger partial charge in [0.15, 0.2) is 11.6 Å². The third kappa shape index (κ3) is 3.17. The second-order valence-corrected chi connectivity index (χ2v) is 12.7. The lowest BCUT2D eigenvalue weighted by Crippen LogP contribution is -2.79. The molecule has 0 radical (unpaired) electrons. The van der Waals surface area contributed by atoms with Crippen LogP contribution in [-0.2, 0) is 18.0 Å². The number of rotatable bonds is 4. The Labute approximate surface area is 231 Å². The average molecular weight is 562 g/mol. The molecule has 204 valence electrons. The normalized spacial score (nSPS) is 28.5. The maximum Gasteiger partial charge on any atom is 0.226 e. The van der Waals surface area contributed by atoms with E-state index in [4.69, 9.17) is 15.5 Å². The Hall–Kier alpha value is -3.50. The molecule has 3 aromatic heterocycles. The van der Waals surface area contributed by atoms with E-state index in [1.807, 2.05) is 6.07 Å². The molecule has 9 rings (SSSR count). The fourth-order valence-electron chi connectivity index (χ4n) is 7.37. The first-order valence-corrected chi connectivity index (χ1v) is 14.1. The van der Waals surface area contributed by atoms with Crippen molar-refractivity contribution in [3.8, 4) is 17.3 Å². The number of nitriles is 1. The van der Waals surface area contributed by atoms with Gasteiger partial charge >= 0.3 is 0 Å². The molecular weight excluding hydrogens is 536 g/mol. The number of hydrogen-bond donors (Lipinski definition) is 3. The minimum Gasteiger partial charge on any atom is -0.390 e. The zero-order valence-electron chi connectivity index (χ0n) is 21.6. The van der Waals surface area contributed by atoms with Crippen molar-refractivity contribution in [1.82, 2.24) is 20.3 Å². The van der Waals surface area contributed by atoms with Crippen LogP contribution in [0.1, 0.15) is 49.3 Å². The van der Waals surface area contributed by atoms with E-state index in [-0.39, 0.29) is 68.3 Å². The topological polar surface area (TPSA) is 133 Å². The maximum atomic E-state index is 16.6. The van der Waals surface area contributed by atoms with Crippen LogP contribution in [-0.4, -0.2) is 49.8 Å². The number of benzene rings is 1. The van der Waals surface area contributed by atoms with Crippen LogP contribution >= 0.6 is 11.3 Å². The molecule has 3 saturated carbocycles. The van der Waals surface area contributed by atoms with Gasteiger partial charge in [0.2, 0.25) is 5.95 Å². The SMILES string of the molecule is C[C@H]1[C@@H](NC23CC(O)(C2)C3)CCN1c1ncc2c3c(c(-c4ncc(F)c5sc(N)c(C#N)c45)c(F)c2n1)COC3. The number of pyridine rings is 1. The highest BCUT2D eigenvalue weighted by Gasteiger charge is 2.68. The van der Waals surface area contributed by atoms with E-state index in [1.165, 1.54) is 0 Å². The van der Waals surface area contributed by atoms with Crippen molar-refractivity contribution >= 4 is 43.3 Å². The van der Waals surface area contributed by atoms with Crippen molar-refractivity contribution in [3.05, 3.63) is 40.7 Å². The molecule has 1 aromatic carbocycles. The van der Waals surface area contributed by atoms with Crippen LogP contribution in [0.3, 0.4) is 0 Å². The third-order valence-electron chi connectivity index (χ3n) is 9.24. The second-order valence-electron chi connectivity index (χ2n) is 11.7. The zero-order valence-corrected chi connectivity index (χ0v) is 22.4. The molecule has 9 nitrogen and oxygen atoms in total. The predicted octanol–water partition coefficient (Wildman–Crippen LogP) is 3.89. The molecule has 12 heteroatoms. The van der Waals surface area contributed by atoms with Crippen molar-refractivity contribution in [2.75, 3.05) is 17.2 Å². The monoisotopic (exact) mass is 561 g/mol. The van der Waals surface area contributed by atoms with E-state index in [1.54, 1.807) is 6.20 Å². The Morgan fingerprint density at radius 3 is 2.75 bits per heavy atom. The summed E-state index contributed by atoms with van der Waals surface area (Å²) in [5.41, 5.74) is 7.48. The molecule has 40 heavy (non-hydrogen) atoms. The number of nitrogens with zero attached hydrogens (tertiary/aromatic N) is 5. The highest BCUT2D eigenvalue weighted by Crippen LogP contribution is 2.60. The van der Waals surface area contributed by atoms with E-state index in [2.05, 4.69) is 27.1 Å². The quantitative estimate of drug-likeness (QED) is 0.339. The van der Waals surface area contributed by atoms with Crippen LogP contribution in [0.15, 0.2) is 12.4 Å². The standard InChI is InChI=1S/C28H25F2N7O2S/c1-12-18(36-27-9-28(38,10-27)11-27)2-3-37(12)26-34-5-14-15-7-39-8-16(15)19(21(30)22(14)35-26)23-20-13(4-31)25(32)40-24(20)17(29)6-33-23/h5-6,12,18,36,38H,2-3,7-11,32H2,1H3/t12-,18-,27?,28?/m0/s1. The summed E-state index contributed by atoms with van der Waals surface area (Å²) >= 11 is 0.948. The summed E-state index contributed by atoms with van der Waals surface area (Å²) in [6, 6.07) is 2.32. The molecule has 5 heterocycles. The van der Waals surface area contributed by atoms with Gasteiger partial charge in [0.05, 0.1) is 41.0 Å². The summed E-state index contributed by atoms with van der Waals surface area (Å²) in [6.45, 7) is 3.23. The number of aromatic nitrogens is 3.